The molecule has 1 aromatic carbocycles. The maximum absolute atomic E-state index is 13.5. The molecule has 0 aliphatic rings. The van der Waals surface area contributed by atoms with Gasteiger partial charge in [-0.2, -0.15) is 0 Å². The number of nitrogens with two attached hydrogens (primary N) is 1. The van der Waals surface area contributed by atoms with Gasteiger partial charge in [-0.25, -0.2) is 24.6 Å². The summed E-state index contributed by atoms with van der Waals surface area (Å²) in [4.78, 5) is 7.84. The fourth-order valence-electron chi connectivity index (χ4n) is 1.45. The Bertz CT molecular complexity index is 604. The van der Waals surface area contributed by atoms with E-state index in [0.717, 1.165) is 6.07 Å². The van der Waals surface area contributed by atoms with Gasteiger partial charge in [-0.3, -0.25) is 0 Å². The molecule has 94 valence electrons. The average Bonchev–Trinajstić information content (AvgIpc) is 2.32. The number of hydrogen-bond donors (Lipinski definition) is 2. The Morgan fingerprint density at radius 1 is 1.28 bits per heavy atom. The second kappa shape index (κ2) is 4.83. The zero-order valence-electron chi connectivity index (χ0n) is 9.34. The summed E-state index contributed by atoms with van der Waals surface area (Å²) in [6.45, 7) is 1.47. The highest BCUT2D eigenvalue weighted by Crippen LogP contribution is 2.27. The summed E-state index contributed by atoms with van der Waals surface area (Å²) < 4.78 is 26.4. The monoisotopic (exact) mass is 270 g/mol. The van der Waals surface area contributed by atoms with E-state index >= 15 is 0 Å². The summed E-state index contributed by atoms with van der Waals surface area (Å²) in [5.74, 6) is 4.08. The molecular weight excluding hydrogens is 262 g/mol. The minimum absolute atomic E-state index is 0.119. The van der Waals surface area contributed by atoms with Crippen LogP contribution in [0.15, 0.2) is 18.2 Å². The van der Waals surface area contributed by atoms with Gasteiger partial charge in [0.2, 0.25) is 0 Å². The molecule has 0 bridgehead atoms. The van der Waals surface area contributed by atoms with Gasteiger partial charge in [0.25, 0.3) is 0 Å². The number of nitrogens with one attached hydrogen (secondary N) is 1. The van der Waals surface area contributed by atoms with Crippen molar-refractivity contribution in [3.05, 3.63) is 40.6 Å². The highest BCUT2D eigenvalue weighted by molar-refractivity contribution is 6.33. The van der Waals surface area contributed by atoms with Crippen LogP contribution in [0.5, 0.6) is 0 Å². The van der Waals surface area contributed by atoms with E-state index in [1.54, 1.807) is 0 Å². The normalized spacial score (nSPS) is 10.5. The Balaban J connectivity index is 2.60. The molecule has 3 N–H and O–H groups in total. The van der Waals surface area contributed by atoms with Crippen LogP contribution >= 0.6 is 11.6 Å². The predicted octanol–water partition coefficient (Wildman–Crippen LogP) is 2.67. The van der Waals surface area contributed by atoms with Crippen LogP contribution in [0.4, 0.5) is 14.6 Å². The van der Waals surface area contributed by atoms with E-state index in [2.05, 4.69) is 15.4 Å². The molecule has 0 saturated carbocycles. The molecule has 18 heavy (non-hydrogen) atoms. The molecule has 0 aliphatic heterocycles. The summed E-state index contributed by atoms with van der Waals surface area (Å²) in [6, 6.07) is 3.78. The van der Waals surface area contributed by atoms with Crippen LogP contribution in [0.25, 0.3) is 11.4 Å². The smallest absolute Gasteiger partial charge is 0.187 e. The second-order valence-corrected chi connectivity index (χ2v) is 3.97. The quantitative estimate of drug-likeness (QED) is 0.650. The standard InChI is InChI=1S/C11H9ClF2N4/c1-5-9(14)11(18-15)17-10(16-5)7-3-2-6(13)4-8(7)12/h2-4H,15H2,1H3,(H,16,17,18). The van der Waals surface area contributed by atoms with E-state index in [4.69, 9.17) is 17.4 Å². The third-order valence-corrected chi connectivity index (χ3v) is 2.64. The van der Waals surface area contributed by atoms with Crippen molar-refractivity contribution in [1.82, 2.24) is 9.97 Å². The molecule has 2 aromatic rings. The van der Waals surface area contributed by atoms with Crippen molar-refractivity contribution in [1.29, 1.82) is 0 Å². The predicted molar refractivity (Wildman–Crippen MR) is 64.9 cm³/mol. The summed E-state index contributed by atoms with van der Waals surface area (Å²) in [5.41, 5.74) is 2.65. The molecule has 4 nitrogen and oxygen atoms in total. The first-order chi connectivity index (χ1) is 8.52. The molecule has 0 unspecified atom stereocenters. The van der Waals surface area contributed by atoms with Crippen LogP contribution in [-0.4, -0.2) is 9.97 Å². The summed E-state index contributed by atoms with van der Waals surface area (Å²) in [5, 5.41) is 0.143. The lowest BCUT2D eigenvalue weighted by Gasteiger charge is -2.08. The molecule has 2 rings (SSSR count). The summed E-state index contributed by atoms with van der Waals surface area (Å²) in [6.07, 6.45) is 0. The molecule has 0 radical (unpaired) electrons. The number of rotatable bonds is 2. The Kier molecular flexibility index (Phi) is 3.40. The van der Waals surface area contributed by atoms with Crippen LogP contribution in [-0.2, 0) is 0 Å². The summed E-state index contributed by atoms with van der Waals surface area (Å²) in [7, 11) is 0. The maximum atomic E-state index is 13.5. The lowest BCUT2D eigenvalue weighted by molar-refractivity contribution is 0.606. The fourth-order valence-corrected chi connectivity index (χ4v) is 1.70. The third kappa shape index (κ3) is 2.25. The van der Waals surface area contributed by atoms with Crippen molar-refractivity contribution < 1.29 is 8.78 Å². The molecule has 0 spiro atoms. The van der Waals surface area contributed by atoms with E-state index in [9.17, 15) is 8.78 Å². The molecule has 1 aromatic heterocycles. The largest absolute Gasteiger partial charge is 0.306 e. The van der Waals surface area contributed by atoms with Crippen molar-refractivity contribution in [2.24, 2.45) is 5.84 Å². The van der Waals surface area contributed by atoms with Crippen molar-refractivity contribution >= 4 is 17.4 Å². The van der Waals surface area contributed by atoms with Gasteiger partial charge in [0, 0.05) is 5.56 Å². The first-order valence-corrected chi connectivity index (χ1v) is 5.37. The highest BCUT2D eigenvalue weighted by atomic mass is 35.5. The molecule has 0 saturated heterocycles. The molecule has 0 fully saturated rings. The molecule has 0 amide bonds. The maximum Gasteiger partial charge on any atom is 0.187 e. The number of aromatic nitrogens is 2. The van der Waals surface area contributed by atoms with Gasteiger partial charge in [0.15, 0.2) is 17.5 Å². The van der Waals surface area contributed by atoms with Crippen molar-refractivity contribution in [2.45, 2.75) is 6.92 Å². The number of hydrogen-bond acceptors (Lipinski definition) is 4. The molecular formula is C11H9ClF2N4. The van der Waals surface area contributed by atoms with Crippen molar-refractivity contribution in [3.63, 3.8) is 0 Å². The zero-order chi connectivity index (χ0) is 13.3. The number of halogens is 3. The SMILES string of the molecule is Cc1nc(-c2ccc(F)cc2Cl)nc(NN)c1F. The first kappa shape index (κ1) is 12.7. The van der Waals surface area contributed by atoms with Gasteiger partial charge in [-0.15, -0.1) is 0 Å². The Labute approximate surface area is 107 Å². The Morgan fingerprint density at radius 3 is 2.61 bits per heavy atom. The van der Waals surface area contributed by atoms with E-state index in [1.165, 1.54) is 19.1 Å². The van der Waals surface area contributed by atoms with E-state index < -0.39 is 11.6 Å². The topological polar surface area (TPSA) is 63.8 Å². The van der Waals surface area contributed by atoms with Gasteiger partial charge >= 0.3 is 0 Å². The highest BCUT2D eigenvalue weighted by Gasteiger charge is 2.14. The molecule has 7 heteroatoms. The van der Waals surface area contributed by atoms with Gasteiger partial charge in [0.1, 0.15) is 5.82 Å². The van der Waals surface area contributed by atoms with Gasteiger partial charge in [-0.05, 0) is 25.1 Å². The Hall–Kier alpha value is -1.79. The van der Waals surface area contributed by atoms with E-state index in [-0.39, 0.29) is 22.4 Å². The number of anilines is 1. The molecule has 0 atom stereocenters. The second-order valence-electron chi connectivity index (χ2n) is 3.56. The zero-order valence-corrected chi connectivity index (χ0v) is 10.1. The van der Waals surface area contributed by atoms with Crippen LogP contribution in [0.3, 0.4) is 0 Å². The van der Waals surface area contributed by atoms with Crippen LogP contribution < -0.4 is 11.3 Å². The fraction of sp³-hybridized carbons (Fsp3) is 0.0909. The Morgan fingerprint density at radius 2 is 2.00 bits per heavy atom. The number of hydrazine groups is 1. The minimum Gasteiger partial charge on any atom is -0.306 e. The van der Waals surface area contributed by atoms with Gasteiger partial charge in [0.05, 0.1) is 10.7 Å². The lowest BCUT2D eigenvalue weighted by atomic mass is 10.2. The summed E-state index contributed by atoms with van der Waals surface area (Å²) >= 11 is 5.89. The van der Waals surface area contributed by atoms with Crippen molar-refractivity contribution in [3.8, 4) is 11.4 Å². The third-order valence-electron chi connectivity index (χ3n) is 2.33. The number of nitrogen functional groups attached to an aromatic ring is 1. The number of aryl methyl sites for hydroxylation is 1. The number of benzene rings is 1. The van der Waals surface area contributed by atoms with E-state index in [0.29, 0.717) is 5.56 Å². The van der Waals surface area contributed by atoms with Crippen LogP contribution in [0.1, 0.15) is 5.69 Å². The minimum atomic E-state index is -0.639. The van der Waals surface area contributed by atoms with Crippen molar-refractivity contribution in [2.75, 3.05) is 5.43 Å². The van der Waals surface area contributed by atoms with Gasteiger partial charge in [-0.1, -0.05) is 11.6 Å². The number of nitrogens with zero attached hydrogens (tertiary/aromatic N) is 2. The van der Waals surface area contributed by atoms with Gasteiger partial charge < -0.3 is 5.43 Å². The first-order valence-electron chi connectivity index (χ1n) is 4.99. The average molecular weight is 271 g/mol. The lowest BCUT2D eigenvalue weighted by Crippen LogP contribution is -2.13. The van der Waals surface area contributed by atoms with Crippen LogP contribution in [0.2, 0.25) is 5.02 Å². The van der Waals surface area contributed by atoms with E-state index in [1.807, 2.05) is 0 Å². The van der Waals surface area contributed by atoms with Crippen LogP contribution in [0, 0.1) is 18.6 Å². The molecule has 0 aliphatic carbocycles. The molecule has 1 heterocycles.